The molecule has 0 spiro atoms. The Labute approximate surface area is 106 Å². The first kappa shape index (κ1) is 14.7. The molecule has 3 atom stereocenters. The smallest absolute Gasteiger partial charge is 0.163 e. The van der Waals surface area contributed by atoms with Crippen molar-refractivity contribution < 1.29 is 9.47 Å². The van der Waals surface area contributed by atoms with Crippen LogP contribution in [0.5, 0.6) is 0 Å². The number of hydrogen-bond acceptors (Lipinski definition) is 3. The Morgan fingerprint density at radius 2 is 1.76 bits per heavy atom. The summed E-state index contributed by atoms with van der Waals surface area (Å²) in [6.45, 7) is 13.5. The van der Waals surface area contributed by atoms with Crippen LogP contribution in [0.4, 0.5) is 0 Å². The molecular formula is C14H27NO2. The number of hydrogen-bond donors (Lipinski definition) is 0. The summed E-state index contributed by atoms with van der Waals surface area (Å²) in [6, 6.07) is 0. The number of ether oxygens (including phenoxy) is 2. The first-order chi connectivity index (χ1) is 7.87. The molecule has 1 fully saturated rings. The molecule has 3 unspecified atom stereocenters. The molecule has 0 radical (unpaired) electrons. The molecule has 1 rings (SSSR count). The average molecular weight is 241 g/mol. The zero-order valence-corrected chi connectivity index (χ0v) is 12.1. The van der Waals surface area contributed by atoms with Crippen molar-refractivity contribution in [2.45, 2.75) is 66.0 Å². The standard InChI is InChI=1S/C14H27NO2/c1-7-15-9-8-11(4)13-12(10(2)3)16-14(5,6)17-13/h7,10-13H,8-9H2,1-6H3. The maximum absolute atomic E-state index is 6.04. The fraction of sp³-hybridized carbons (Fsp3) is 0.929. The highest BCUT2D eigenvalue weighted by Crippen LogP contribution is 2.36. The predicted octanol–water partition coefficient (Wildman–Crippen LogP) is 3.28. The van der Waals surface area contributed by atoms with Crippen LogP contribution in [0.15, 0.2) is 4.99 Å². The molecule has 0 bridgehead atoms. The monoisotopic (exact) mass is 241 g/mol. The van der Waals surface area contributed by atoms with Crippen LogP contribution in [0, 0.1) is 11.8 Å². The molecule has 17 heavy (non-hydrogen) atoms. The molecule has 1 aliphatic rings. The number of nitrogens with zero attached hydrogens (tertiary/aromatic N) is 1. The molecule has 3 heteroatoms. The molecule has 0 amide bonds. The lowest BCUT2D eigenvalue weighted by Gasteiger charge is -2.25. The minimum atomic E-state index is -0.443. The highest BCUT2D eigenvalue weighted by molar-refractivity contribution is 5.53. The van der Waals surface area contributed by atoms with E-state index < -0.39 is 5.79 Å². The zero-order valence-electron chi connectivity index (χ0n) is 12.1. The van der Waals surface area contributed by atoms with E-state index in [0.717, 1.165) is 13.0 Å². The van der Waals surface area contributed by atoms with E-state index in [0.29, 0.717) is 11.8 Å². The quantitative estimate of drug-likeness (QED) is 0.692. The summed E-state index contributed by atoms with van der Waals surface area (Å²) < 4.78 is 12.0. The van der Waals surface area contributed by atoms with Gasteiger partial charge in [-0.3, -0.25) is 4.99 Å². The fourth-order valence-corrected chi connectivity index (χ4v) is 2.34. The molecule has 3 nitrogen and oxygen atoms in total. The van der Waals surface area contributed by atoms with Crippen LogP contribution in [-0.4, -0.2) is 30.8 Å². The Kier molecular flexibility index (Phi) is 5.14. The van der Waals surface area contributed by atoms with Crippen molar-refractivity contribution in [3.8, 4) is 0 Å². The Balaban J connectivity index is 2.60. The van der Waals surface area contributed by atoms with Gasteiger partial charge in [0.1, 0.15) is 0 Å². The van der Waals surface area contributed by atoms with E-state index in [-0.39, 0.29) is 12.2 Å². The van der Waals surface area contributed by atoms with Crippen LogP contribution in [-0.2, 0) is 9.47 Å². The van der Waals surface area contributed by atoms with Gasteiger partial charge in [0.25, 0.3) is 0 Å². The molecule has 1 aliphatic heterocycles. The van der Waals surface area contributed by atoms with E-state index >= 15 is 0 Å². The molecule has 0 aromatic carbocycles. The van der Waals surface area contributed by atoms with E-state index in [1.54, 1.807) is 0 Å². The molecule has 0 saturated carbocycles. The normalized spacial score (nSPS) is 30.3. The van der Waals surface area contributed by atoms with E-state index in [4.69, 9.17) is 9.47 Å². The first-order valence-electron chi connectivity index (χ1n) is 6.67. The van der Waals surface area contributed by atoms with Gasteiger partial charge < -0.3 is 9.47 Å². The van der Waals surface area contributed by atoms with Crippen molar-refractivity contribution in [2.24, 2.45) is 16.8 Å². The minimum Gasteiger partial charge on any atom is -0.344 e. The Morgan fingerprint density at radius 1 is 1.18 bits per heavy atom. The third kappa shape index (κ3) is 4.07. The van der Waals surface area contributed by atoms with Gasteiger partial charge in [0.15, 0.2) is 5.79 Å². The lowest BCUT2D eigenvalue weighted by Crippen LogP contribution is -2.33. The van der Waals surface area contributed by atoms with Crippen molar-refractivity contribution in [1.82, 2.24) is 0 Å². The summed E-state index contributed by atoms with van der Waals surface area (Å²) >= 11 is 0. The maximum atomic E-state index is 6.04. The number of aliphatic imine (C=N–C) groups is 1. The first-order valence-corrected chi connectivity index (χ1v) is 6.67. The van der Waals surface area contributed by atoms with E-state index in [1.165, 1.54) is 0 Å². The van der Waals surface area contributed by atoms with Gasteiger partial charge in [-0.1, -0.05) is 20.8 Å². The molecule has 1 heterocycles. The Bertz CT molecular complexity index is 261. The van der Waals surface area contributed by atoms with E-state index in [9.17, 15) is 0 Å². The topological polar surface area (TPSA) is 30.8 Å². The van der Waals surface area contributed by atoms with Crippen LogP contribution >= 0.6 is 0 Å². The van der Waals surface area contributed by atoms with Gasteiger partial charge >= 0.3 is 0 Å². The fourth-order valence-electron chi connectivity index (χ4n) is 2.34. The van der Waals surface area contributed by atoms with Crippen molar-refractivity contribution in [3.05, 3.63) is 0 Å². The second-order valence-electron chi connectivity index (χ2n) is 5.74. The van der Waals surface area contributed by atoms with Gasteiger partial charge in [-0.2, -0.15) is 0 Å². The third-order valence-electron chi connectivity index (χ3n) is 3.28. The highest BCUT2D eigenvalue weighted by atomic mass is 16.8. The van der Waals surface area contributed by atoms with Crippen molar-refractivity contribution in [1.29, 1.82) is 0 Å². The lowest BCUT2D eigenvalue weighted by atomic mass is 9.91. The van der Waals surface area contributed by atoms with Gasteiger partial charge in [0, 0.05) is 6.54 Å². The van der Waals surface area contributed by atoms with Gasteiger partial charge in [0.2, 0.25) is 0 Å². The van der Waals surface area contributed by atoms with Crippen molar-refractivity contribution in [3.63, 3.8) is 0 Å². The average Bonchev–Trinajstić information content (AvgIpc) is 2.55. The van der Waals surface area contributed by atoms with Crippen LogP contribution < -0.4 is 0 Å². The Hall–Kier alpha value is -0.410. The summed E-state index contributed by atoms with van der Waals surface area (Å²) in [4.78, 5) is 4.27. The van der Waals surface area contributed by atoms with Crippen LogP contribution in [0.1, 0.15) is 48.0 Å². The van der Waals surface area contributed by atoms with Crippen LogP contribution in [0.2, 0.25) is 0 Å². The molecule has 0 N–H and O–H groups in total. The second kappa shape index (κ2) is 5.96. The van der Waals surface area contributed by atoms with Crippen LogP contribution in [0.25, 0.3) is 0 Å². The molecule has 1 saturated heterocycles. The predicted molar refractivity (Wildman–Crippen MR) is 71.5 cm³/mol. The summed E-state index contributed by atoms with van der Waals surface area (Å²) in [5, 5.41) is 0. The third-order valence-corrected chi connectivity index (χ3v) is 3.28. The maximum Gasteiger partial charge on any atom is 0.163 e. The van der Waals surface area contributed by atoms with Gasteiger partial charge in [-0.05, 0) is 45.2 Å². The largest absolute Gasteiger partial charge is 0.344 e. The molecule has 0 aromatic rings. The SMILES string of the molecule is CC=NCCC(C)C1OC(C)(C)OC1C(C)C. The summed E-state index contributed by atoms with van der Waals surface area (Å²) in [5.41, 5.74) is 0. The van der Waals surface area contributed by atoms with E-state index in [2.05, 4.69) is 25.8 Å². The Morgan fingerprint density at radius 3 is 2.29 bits per heavy atom. The van der Waals surface area contributed by atoms with Crippen molar-refractivity contribution >= 4 is 6.21 Å². The van der Waals surface area contributed by atoms with Crippen molar-refractivity contribution in [2.75, 3.05) is 6.54 Å². The zero-order chi connectivity index (χ0) is 13.1. The molecule has 100 valence electrons. The van der Waals surface area contributed by atoms with Gasteiger partial charge in [-0.15, -0.1) is 0 Å². The molecular weight excluding hydrogens is 214 g/mol. The van der Waals surface area contributed by atoms with Gasteiger partial charge in [0.05, 0.1) is 12.2 Å². The van der Waals surface area contributed by atoms with E-state index in [1.807, 2.05) is 27.0 Å². The molecule has 0 aliphatic carbocycles. The summed E-state index contributed by atoms with van der Waals surface area (Å²) in [7, 11) is 0. The highest BCUT2D eigenvalue weighted by Gasteiger charge is 2.44. The van der Waals surface area contributed by atoms with Gasteiger partial charge in [-0.25, -0.2) is 0 Å². The lowest BCUT2D eigenvalue weighted by molar-refractivity contribution is -0.152. The van der Waals surface area contributed by atoms with Crippen LogP contribution in [0.3, 0.4) is 0 Å². The minimum absolute atomic E-state index is 0.192. The second-order valence-corrected chi connectivity index (χ2v) is 5.74. The number of rotatable bonds is 5. The molecule has 0 aromatic heterocycles. The summed E-state index contributed by atoms with van der Waals surface area (Å²) in [5.74, 6) is 0.522. The summed E-state index contributed by atoms with van der Waals surface area (Å²) in [6.07, 6.45) is 3.31.